The molecule has 0 aliphatic carbocycles. The van der Waals surface area contributed by atoms with Crippen molar-refractivity contribution in [2.75, 3.05) is 21.9 Å². The maximum atomic E-state index is 12.9. The van der Waals surface area contributed by atoms with E-state index in [-0.39, 0.29) is 5.91 Å². The van der Waals surface area contributed by atoms with Crippen molar-refractivity contribution in [1.82, 2.24) is 9.97 Å². The van der Waals surface area contributed by atoms with E-state index in [2.05, 4.69) is 19.6 Å². The number of benzene rings is 2. The standard InChI is InChI=1S/C20H16Cl2N4O2S/c21-13-8-14(10-16(9-13)28-19-12-23-4-5-24-19)25-20(27)17-11-15(2-3-18(17)22)26-6-1-7-29-26/h2-5,8-12H,1,6-7H2,(H,25,27). The van der Waals surface area contributed by atoms with Crippen molar-refractivity contribution in [3.63, 3.8) is 0 Å². The smallest absolute Gasteiger partial charge is 0.257 e. The zero-order valence-electron chi connectivity index (χ0n) is 15.1. The number of ether oxygens (including phenoxy) is 1. The fourth-order valence-corrected chi connectivity index (χ4v) is 4.27. The first kappa shape index (κ1) is 19.8. The summed E-state index contributed by atoms with van der Waals surface area (Å²) in [4.78, 5) is 20.9. The van der Waals surface area contributed by atoms with Gasteiger partial charge in [-0.25, -0.2) is 4.98 Å². The van der Waals surface area contributed by atoms with Crippen LogP contribution in [0, 0.1) is 0 Å². The summed E-state index contributed by atoms with van der Waals surface area (Å²) in [5.41, 5.74) is 1.84. The van der Waals surface area contributed by atoms with Crippen LogP contribution in [-0.2, 0) is 0 Å². The van der Waals surface area contributed by atoms with Gasteiger partial charge in [-0.1, -0.05) is 23.2 Å². The first-order chi connectivity index (χ1) is 14.1. The molecule has 6 nitrogen and oxygen atoms in total. The Kier molecular flexibility index (Phi) is 6.08. The molecule has 0 saturated carbocycles. The maximum Gasteiger partial charge on any atom is 0.257 e. The summed E-state index contributed by atoms with van der Waals surface area (Å²) < 4.78 is 7.82. The Morgan fingerprint density at radius 1 is 1.17 bits per heavy atom. The predicted octanol–water partition coefficient (Wildman–Crippen LogP) is 5.69. The molecule has 2 aromatic carbocycles. The fraction of sp³-hybridized carbons (Fsp3) is 0.150. The Balaban J connectivity index is 1.54. The van der Waals surface area contributed by atoms with Gasteiger partial charge in [0, 0.05) is 47.2 Å². The van der Waals surface area contributed by atoms with Crippen LogP contribution < -0.4 is 14.4 Å². The molecule has 1 aliphatic rings. The van der Waals surface area contributed by atoms with Gasteiger partial charge in [-0.2, -0.15) is 0 Å². The van der Waals surface area contributed by atoms with Crippen molar-refractivity contribution in [3.05, 3.63) is 70.6 Å². The number of aromatic nitrogens is 2. The molecule has 1 fully saturated rings. The van der Waals surface area contributed by atoms with Crippen LogP contribution in [0.1, 0.15) is 16.8 Å². The van der Waals surface area contributed by atoms with Crippen molar-refractivity contribution in [2.24, 2.45) is 0 Å². The number of anilines is 2. The zero-order chi connectivity index (χ0) is 20.2. The topological polar surface area (TPSA) is 67.3 Å². The minimum atomic E-state index is -0.325. The molecule has 0 unspecified atom stereocenters. The Labute approximate surface area is 182 Å². The van der Waals surface area contributed by atoms with E-state index in [1.165, 1.54) is 12.4 Å². The first-order valence-electron chi connectivity index (χ1n) is 8.84. The molecule has 2 heterocycles. The van der Waals surface area contributed by atoms with Gasteiger partial charge in [0.05, 0.1) is 16.8 Å². The number of hydrogen-bond acceptors (Lipinski definition) is 6. The van der Waals surface area contributed by atoms with Crippen molar-refractivity contribution in [2.45, 2.75) is 6.42 Å². The molecule has 3 aromatic rings. The lowest BCUT2D eigenvalue weighted by Crippen LogP contribution is -2.15. The number of nitrogens with zero attached hydrogens (tertiary/aromatic N) is 3. The largest absolute Gasteiger partial charge is 0.437 e. The number of carbonyl (C=O) groups is 1. The second-order valence-electron chi connectivity index (χ2n) is 6.23. The van der Waals surface area contributed by atoms with E-state index in [1.807, 2.05) is 6.07 Å². The van der Waals surface area contributed by atoms with E-state index in [1.54, 1.807) is 48.5 Å². The maximum absolute atomic E-state index is 12.9. The summed E-state index contributed by atoms with van der Waals surface area (Å²) >= 11 is 14.2. The van der Waals surface area contributed by atoms with E-state index < -0.39 is 0 Å². The molecule has 148 valence electrons. The third-order valence-electron chi connectivity index (χ3n) is 4.13. The van der Waals surface area contributed by atoms with Gasteiger partial charge >= 0.3 is 0 Å². The highest BCUT2D eigenvalue weighted by molar-refractivity contribution is 8.00. The minimum absolute atomic E-state index is 0.325. The molecule has 1 N–H and O–H groups in total. The van der Waals surface area contributed by atoms with Gasteiger partial charge in [-0.15, -0.1) is 0 Å². The molecule has 0 radical (unpaired) electrons. The van der Waals surface area contributed by atoms with E-state index in [0.29, 0.717) is 32.9 Å². The minimum Gasteiger partial charge on any atom is -0.437 e. The van der Waals surface area contributed by atoms with Crippen LogP contribution in [0.5, 0.6) is 11.6 Å². The number of halogens is 2. The van der Waals surface area contributed by atoms with Crippen LogP contribution >= 0.6 is 35.1 Å². The summed E-state index contributed by atoms with van der Waals surface area (Å²) in [6, 6.07) is 10.4. The van der Waals surface area contributed by atoms with E-state index in [0.717, 1.165) is 24.4 Å². The van der Waals surface area contributed by atoms with Crippen LogP contribution in [0.15, 0.2) is 55.0 Å². The van der Waals surface area contributed by atoms with Gasteiger partial charge in [-0.05, 0) is 48.7 Å². The van der Waals surface area contributed by atoms with Crippen molar-refractivity contribution in [3.8, 4) is 11.6 Å². The summed E-state index contributed by atoms with van der Waals surface area (Å²) in [5, 5.41) is 3.63. The molecule has 4 rings (SSSR count). The summed E-state index contributed by atoms with van der Waals surface area (Å²) in [6.45, 7) is 0.949. The van der Waals surface area contributed by atoms with Gasteiger partial charge < -0.3 is 14.4 Å². The van der Waals surface area contributed by atoms with Crippen molar-refractivity contribution < 1.29 is 9.53 Å². The van der Waals surface area contributed by atoms with Gasteiger partial charge in [-0.3, -0.25) is 9.78 Å². The zero-order valence-corrected chi connectivity index (χ0v) is 17.5. The normalized spacial score (nSPS) is 13.4. The highest BCUT2D eigenvalue weighted by Crippen LogP contribution is 2.32. The molecular weight excluding hydrogens is 431 g/mol. The van der Waals surface area contributed by atoms with Crippen molar-refractivity contribution in [1.29, 1.82) is 0 Å². The lowest BCUT2D eigenvalue weighted by atomic mass is 10.1. The molecule has 1 amide bonds. The Morgan fingerprint density at radius 2 is 2.07 bits per heavy atom. The highest BCUT2D eigenvalue weighted by Gasteiger charge is 2.18. The average molecular weight is 447 g/mol. The second-order valence-corrected chi connectivity index (χ2v) is 8.18. The Bertz CT molecular complexity index is 1030. The summed E-state index contributed by atoms with van der Waals surface area (Å²) in [5.74, 6) is 1.50. The molecule has 0 bridgehead atoms. The first-order valence-corrected chi connectivity index (χ1v) is 10.5. The molecule has 29 heavy (non-hydrogen) atoms. The lowest BCUT2D eigenvalue weighted by Gasteiger charge is -2.17. The Hall–Kier alpha value is -2.48. The van der Waals surface area contributed by atoms with Crippen LogP contribution in [0.2, 0.25) is 10.0 Å². The molecule has 9 heteroatoms. The van der Waals surface area contributed by atoms with Crippen LogP contribution in [0.4, 0.5) is 11.4 Å². The number of nitrogens with one attached hydrogen (secondary N) is 1. The third kappa shape index (κ3) is 4.93. The molecule has 1 saturated heterocycles. The Morgan fingerprint density at radius 3 is 2.83 bits per heavy atom. The fourth-order valence-electron chi connectivity index (χ4n) is 2.84. The highest BCUT2D eigenvalue weighted by atomic mass is 35.5. The summed E-state index contributed by atoms with van der Waals surface area (Å²) in [7, 11) is 0. The SMILES string of the molecule is O=C(Nc1cc(Cl)cc(Oc2cnccn2)c1)c1cc(N2CCCS2)ccc1Cl. The monoisotopic (exact) mass is 446 g/mol. The number of carbonyl (C=O) groups excluding carboxylic acids is 1. The van der Waals surface area contributed by atoms with E-state index >= 15 is 0 Å². The van der Waals surface area contributed by atoms with Crippen LogP contribution in [0.25, 0.3) is 0 Å². The molecule has 1 aliphatic heterocycles. The predicted molar refractivity (Wildman–Crippen MR) is 117 cm³/mol. The van der Waals surface area contributed by atoms with E-state index in [9.17, 15) is 4.79 Å². The average Bonchev–Trinajstić information content (AvgIpc) is 3.23. The second kappa shape index (κ2) is 8.90. The quantitative estimate of drug-likeness (QED) is 0.507. The number of hydrogen-bond donors (Lipinski definition) is 1. The number of amides is 1. The van der Waals surface area contributed by atoms with Gasteiger partial charge in [0.2, 0.25) is 5.88 Å². The molecular formula is C20H16Cl2N4O2S. The lowest BCUT2D eigenvalue weighted by molar-refractivity contribution is 0.102. The van der Waals surface area contributed by atoms with Gasteiger partial charge in [0.15, 0.2) is 0 Å². The van der Waals surface area contributed by atoms with Gasteiger partial charge in [0.25, 0.3) is 5.91 Å². The molecule has 0 spiro atoms. The van der Waals surface area contributed by atoms with E-state index in [4.69, 9.17) is 27.9 Å². The number of rotatable bonds is 5. The molecule has 1 aromatic heterocycles. The third-order valence-corrected chi connectivity index (χ3v) is 5.85. The summed E-state index contributed by atoms with van der Waals surface area (Å²) in [6.07, 6.45) is 5.68. The van der Waals surface area contributed by atoms with Crippen LogP contribution in [-0.4, -0.2) is 28.2 Å². The van der Waals surface area contributed by atoms with Gasteiger partial charge in [0.1, 0.15) is 5.75 Å². The van der Waals surface area contributed by atoms with Crippen molar-refractivity contribution >= 4 is 52.4 Å². The molecule has 0 atom stereocenters. The van der Waals surface area contributed by atoms with Crippen LogP contribution in [0.3, 0.4) is 0 Å².